The second-order valence-corrected chi connectivity index (χ2v) is 5.84. The lowest BCUT2D eigenvalue weighted by Crippen LogP contribution is -2.11. The molecule has 0 N–H and O–H groups in total. The van der Waals surface area contributed by atoms with E-state index in [-0.39, 0.29) is 5.41 Å². The van der Waals surface area contributed by atoms with Gasteiger partial charge in [-0.3, -0.25) is 4.98 Å². The fourth-order valence-electron chi connectivity index (χ4n) is 1.88. The second-order valence-electron chi connectivity index (χ2n) is 5.46. The van der Waals surface area contributed by atoms with Gasteiger partial charge in [0.15, 0.2) is 0 Å². The van der Waals surface area contributed by atoms with Crippen molar-refractivity contribution in [2.75, 3.05) is 7.11 Å². The molecule has 1 aromatic carbocycles. The molecule has 2 aromatic rings. The van der Waals surface area contributed by atoms with Crippen molar-refractivity contribution >= 4 is 28.5 Å². The molecule has 0 atom stereocenters. The minimum absolute atomic E-state index is 0.0127. The van der Waals surface area contributed by atoms with Gasteiger partial charge in [-0.25, -0.2) is 4.79 Å². The van der Waals surface area contributed by atoms with Crippen molar-refractivity contribution in [1.82, 2.24) is 4.98 Å². The van der Waals surface area contributed by atoms with Crippen molar-refractivity contribution in [3.63, 3.8) is 0 Å². The summed E-state index contributed by atoms with van der Waals surface area (Å²) in [5.41, 5.74) is 2.22. The largest absolute Gasteiger partial charge is 0.465 e. The Balaban J connectivity index is 2.69. The van der Waals surface area contributed by atoms with Crippen molar-refractivity contribution in [2.24, 2.45) is 0 Å². The lowest BCUT2D eigenvalue weighted by atomic mass is 9.86. The van der Waals surface area contributed by atoms with E-state index in [0.717, 1.165) is 16.5 Å². The molecule has 0 amide bonds. The number of hydrogen-bond acceptors (Lipinski definition) is 3. The summed E-state index contributed by atoms with van der Waals surface area (Å²) in [5.74, 6) is -0.472. The van der Waals surface area contributed by atoms with Crippen molar-refractivity contribution in [3.05, 3.63) is 40.5 Å². The molecule has 100 valence electrons. The van der Waals surface area contributed by atoms with E-state index in [9.17, 15) is 4.79 Å². The fourth-order valence-corrected chi connectivity index (χ4v) is 2.16. The van der Waals surface area contributed by atoms with Gasteiger partial charge in [0.1, 0.15) is 0 Å². The highest BCUT2D eigenvalue weighted by atomic mass is 35.5. The zero-order chi connectivity index (χ0) is 14.2. The number of pyridine rings is 1. The highest BCUT2D eigenvalue weighted by Gasteiger charge is 2.18. The van der Waals surface area contributed by atoms with Gasteiger partial charge in [-0.2, -0.15) is 0 Å². The zero-order valence-corrected chi connectivity index (χ0v) is 12.2. The zero-order valence-electron chi connectivity index (χ0n) is 11.5. The van der Waals surface area contributed by atoms with Crippen LogP contribution in [0.2, 0.25) is 5.02 Å². The monoisotopic (exact) mass is 277 g/mol. The number of carbonyl (C=O) groups is 1. The topological polar surface area (TPSA) is 39.2 Å². The van der Waals surface area contributed by atoms with Gasteiger partial charge < -0.3 is 4.74 Å². The van der Waals surface area contributed by atoms with E-state index in [4.69, 9.17) is 16.3 Å². The highest BCUT2D eigenvalue weighted by molar-refractivity contribution is 6.38. The maximum atomic E-state index is 11.6. The summed E-state index contributed by atoms with van der Waals surface area (Å²) in [7, 11) is 1.33. The van der Waals surface area contributed by atoms with Crippen LogP contribution in [0.5, 0.6) is 0 Å². The third kappa shape index (κ3) is 2.56. The van der Waals surface area contributed by atoms with Gasteiger partial charge in [-0.15, -0.1) is 0 Å². The van der Waals surface area contributed by atoms with Gasteiger partial charge in [-0.1, -0.05) is 38.4 Å². The number of hydrogen-bond donors (Lipinski definition) is 0. The molecule has 0 unspecified atom stereocenters. The summed E-state index contributed by atoms with van der Waals surface area (Å²) < 4.78 is 4.70. The number of rotatable bonds is 1. The third-order valence-electron chi connectivity index (χ3n) is 3.07. The van der Waals surface area contributed by atoms with Gasteiger partial charge in [0, 0.05) is 11.6 Å². The van der Waals surface area contributed by atoms with Gasteiger partial charge in [0.2, 0.25) is 0 Å². The first-order valence-electron chi connectivity index (χ1n) is 6.01. The first kappa shape index (κ1) is 13.8. The molecule has 0 aliphatic heterocycles. The lowest BCUT2D eigenvalue weighted by molar-refractivity contribution is 0.0600. The molecule has 1 aromatic heterocycles. The first-order chi connectivity index (χ1) is 8.84. The molecule has 4 heteroatoms. The Bertz CT molecular complexity index is 644. The molecule has 0 spiro atoms. The number of fused-ring (bicyclic) bond motifs is 1. The first-order valence-corrected chi connectivity index (χ1v) is 6.39. The summed E-state index contributed by atoms with van der Waals surface area (Å²) in [6.07, 6.45) is 1.45. The third-order valence-corrected chi connectivity index (χ3v) is 3.48. The molecule has 0 bridgehead atoms. The SMILES string of the molecule is COC(=O)c1cnc2ccc(C(C)(C)C)cc2c1Cl. The maximum Gasteiger partial charge on any atom is 0.340 e. The Labute approximate surface area is 117 Å². The van der Waals surface area contributed by atoms with Crippen LogP contribution in [-0.4, -0.2) is 18.1 Å². The Hall–Kier alpha value is -1.61. The molecular formula is C15H16ClNO2. The number of benzene rings is 1. The van der Waals surface area contributed by atoms with Gasteiger partial charge >= 0.3 is 5.97 Å². The Morgan fingerprint density at radius 2 is 2.00 bits per heavy atom. The smallest absolute Gasteiger partial charge is 0.340 e. The van der Waals surface area contributed by atoms with Crippen molar-refractivity contribution in [2.45, 2.75) is 26.2 Å². The van der Waals surface area contributed by atoms with Gasteiger partial charge in [0.25, 0.3) is 0 Å². The van der Waals surface area contributed by atoms with Crippen LogP contribution in [0.1, 0.15) is 36.7 Å². The molecule has 0 saturated heterocycles. The van der Waals surface area contributed by atoms with Crippen molar-refractivity contribution in [3.8, 4) is 0 Å². The average molecular weight is 278 g/mol. The van der Waals surface area contributed by atoms with Crippen LogP contribution in [0.4, 0.5) is 0 Å². The number of carbonyl (C=O) groups excluding carboxylic acids is 1. The van der Waals surface area contributed by atoms with E-state index in [2.05, 4.69) is 25.8 Å². The van der Waals surface area contributed by atoms with Crippen molar-refractivity contribution < 1.29 is 9.53 Å². The number of aromatic nitrogens is 1. The molecule has 2 rings (SSSR count). The number of esters is 1. The predicted molar refractivity (Wildman–Crippen MR) is 76.8 cm³/mol. The predicted octanol–water partition coefficient (Wildman–Crippen LogP) is 3.97. The Morgan fingerprint density at radius 3 is 2.58 bits per heavy atom. The van der Waals surface area contributed by atoms with E-state index < -0.39 is 5.97 Å². The van der Waals surface area contributed by atoms with Crippen LogP contribution in [0.3, 0.4) is 0 Å². The molecule has 3 nitrogen and oxygen atoms in total. The highest BCUT2D eigenvalue weighted by Crippen LogP contribution is 2.31. The standard InChI is InChI=1S/C15H16ClNO2/c1-15(2,3)9-5-6-12-10(7-9)13(16)11(8-17-12)14(18)19-4/h5-8H,1-4H3. The van der Waals surface area contributed by atoms with E-state index in [0.29, 0.717) is 10.6 Å². The summed E-state index contributed by atoms with van der Waals surface area (Å²) in [6.45, 7) is 6.37. The molecule has 0 aliphatic rings. The number of ether oxygens (including phenoxy) is 1. The molecule has 0 fully saturated rings. The number of halogens is 1. The Kier molecular flexibility index (Phi) is 3.50. The van der Waals surface area contributed by atoms with Crippen molar-refractivity contribution in [1.29, 1.82) is 0 Å². The average Bonchev–Trinajstić information content (AvgIpc) is 2.37. The quantitative estimate of drug-likeness (QED) is 0.740. The van der Waals surface area contributed by atoms with Crippen LogP contribution < -0.4 is 0 Å². The summed E-state index contributed by atoms with van der Waals surface area (Å²) in [6, 6.07) is 5.93. The fraction of sp³-hybridized carbons (Fsp3) is 0.333. The molecule has 0 saturated carbocycles. The summed E-state index contributed by atoms with van der Waals surface area (Å²) >= 11 is 6.30. The van der Waals surface area contributed by atoms with Crippen LogP contribution in [-0.2, 0) is 10.2 Å². The van der Waals surface area contributed by atoms with Crippen LogP contribution in [0, 0.1) is 0 Å². The molecule has 0 radical (unpaired) electrons. The molecule has 19 heavy (non-hydrogen) atoms. The van der Waals surface area contributed by atoms with E-state index in [1.807, 2.05) is 18.2 Å². The number of nitrogens with zero attached hydrogens (tertiary/aromatic N) is 1. The van der Waals surface area contributed by atoms with Crippen LogP contribution in [0.15, 0.2) is 24.4 Å². The number of methoxy groups -OCH3 is 1. The minimum Gasteiger partial charge on any atom is -0.465 e. The van der Waals surface area contributed by atoms with Gasteiger partial charge in [-0.05, 0) is 23.1 Å². The van der Waals surface area contributed by atoms with Crippen LogP contribution in [0.25, 0.3) is 10.9 Å². The van der Waals surface area contributed by atoms with E-state index in [1.54, 1.807) is 0 Å². The molecule has 0 aliphatic carbocycles. The van der Waals surface area contributed by atoms with Gasteiger partial charge in [0.05, 0.1) is 23.2 Å². The normalized spacial score (nSPS) is 11.6. The minimum atomic E-state index is -0.472. The van der Waals surface area contributed by atoms with Crippen LogP contribution >= 0.6 is 11.6 Å². The lowest BCUT2D eigenvalue weighted by Gasteiger charge is -2.19. The van der Waals surface area contributed by atoms with E-state index >= 15 is 0 Å². The molecular weight excluding hydrogens is 262 g/mol. The summed E-state index contributed by atoms with van der Waals surface area (Å²) in [4.78, 5) is 15.9. The van der Waals surface area contributed by atoms with E-state index in [1.165, 1.54) is 13.3 Å². The Morgan fingerprint density at radius 1 is 1.32 bits per heavy atom. The second kappa shape index (κ2) is 4.82. The maximum absolute atomic E-state index is 11.6. The molecule has 1 heterocycles. The summed E-state index contributed by atoms with van der Waals surface area (Å²) in [5, 5.41) is 1.17.